The van der Waals surface area contributed by atoms with Crippen molar-refractivity contribution in [3.8, 4) is 0 Å². The van der Waals surface area contributed by atoms with Gasteiger partial charge < -0.3 is 15.1 Å². The highest BCUT2D eigenvalue weighted by atomic mass is 19.1. The molecule has 2 heterocycles. The molecule has 0 saturated carbocycles. The van der Waals surface area contributed by atoms with Gasteiger partial charge in [0, 0.05) is 49.5 Å². The molecule has 0 radical (unpaired) electrons. The zero-order valence-electron chi connectivity index (χ0n) is 17.0. The monoisotopic (exact) mass is 413 g/mol. The molecule has 1 saturated heterocycles. The van der Waals surface area contributed by atoms with Crippen LogP contribution in [0.1, 0.15) is 35.7 Å². The maximum atomic E-state index is 13.9. The summed E-state index contributed by atoms with van der Waals surface area (Å²) >= 11 is 0. The third-order valence-corrected chi connectivity index (χ3v) is 6.04. The average molecular weight is 413 g/mol. The van der Waals surface area contributed by atoms with Crippen molar-refractivity contribution in [1.82, 2.24) is 4.90 Å². The molecule has 0 aliphatic carbocycles. The van der Waals surface area contributed by atoms with E-state index in [2.05, 4.69) is 23.2 Å². The molecule has 1 fully saturated rings. The molecule has 0 spiro atoms. The summed E-state index contributed by atoms with van der Waals surface area (Å²) in [5.41, 5.74) is 3.12. The number of carbonyl (C=O) groups excluding carboxylic acids is 2. The first-order chi connectivity index (χ1) is 14.5. The predicted octanol–water partition coefficient (Wildman–Crippen LogP) is 3.84. The second-order valence-corrected chi connectivity index (χ2v) is 7.85. The Kier molecular flexibility index (Phi) is 5.70. The summed E-state index contributed by atoms with van der Waals surface area (Å²) in [4.78, 5) is 29.1. The molecule has 2 aromatic rings. The molecule has 0 aromatic heterocycles. The van der Waals surface area contributed by atoms with Gasteiger partial charge in [-0.2, -0.15) is 0 Å². The first-order valence-corrected chi connectivity index (χ1v) is 10.4. The Hall–Kier alpha value is -2.96. The van der Waals surface area contributed by atoms with E-state index in [1.807, 2.05) is 12.1 Å². The predicted molar refractivity (Wildman–Crippen MR) is 112 cm³/mol. The van der Waals surface area contributed by atoms with Gasteiger partial charge >= 0.3 is 0 Å². The second kappa shape index (κ2) is 8.42. The van der Waals surface area contributed by atoms with Crippen LogP contribution in [-0.4, -0.2) is 42.9 Å². The Morgan fingerprint density at radius 1 is 1.07 bits per heavy atom. The van der Waals surface area contributed by atoms with Crippen molar-refractivity contribution in [2.24, 2.45) is 5.92 Å². The van der Waals surface area contributed by atoms with Gasteiger partial charge in [-0.05, 0) is 56.0 Å². The minimum absolute atomic E-state index is 0.0592. The van der Waals surface area contributed by atoms with E-state index in [9.17, 15) is 18.4 Å². The van der Waals surface area contributed by atoms with Gasteiger partial charge in [0.1, 0.15) is 11.6 Å². The van der Waals surface area contributed by atoms with E-state index in [0.717, 1.165) is 31.3 Å². The van der Waals surface area contributed by atoms with E-state index >= 15 is 0 Å². The van der Waals surface area contributed by atoms with Crippen molar-refractivity contribution < 1.29 is 18.4 Å². The van der Waals surface area contributed by atoms with Crippen molar-refractivity contribution in [3.63, 3.8) is 0 Å². The van der Waals surface area contributed by atoms with E-state index in [4.69, 9.17) is 0 Å². The minimum atomic E-state index is -0.863. The maximum Gasteiger partial charge on any atom is 0.256 e. The van der Waals surface area contributed by atoms with Crippen molar-refractivity contribution in [2.45, 2.75) is 26.2 Å². The molecule has 0 bridgehead atoms. The van der Waals surface area contributed by atoms with Crippen LogP contribution in [0.5, 0.6) is 0 Å². The van der Waals surface area contributed by atoms with Crippen LogP contribution in [0.15, 0.2) is 36.4 Å². The Bertz CT molecular complexity index is 971. The number of carbonyl (C=O) groups is 2. The lowest BCUT2D eigenvalue weighted by Gasteiger charge is -2.31. The smallest absolute Gasteiger partial charge is 0.256 e. The summed E-state index contributed by atoms with van der Waals surface area (Å²) < 4.78 is 27.0. The highest BCUT2D eigenvalue weighted by molar-refractivity contribution is 5.95. The minimum Gasteiger partial charge on any atom is -0.371 e. The number of hydrogen-bond acceptors (Lipinski definition) is 3. The zero-order valence-corrected chi connectivity index (χ0v) is 17.0. The van der Waals surface area contributed by atoms with Gasteiger partial charge in [0.05, 0.1) is 5.56 Å². The third-order valence-electron chi connectivity index (χ3n) is 6.04. The van der Waals surface area contributed by atoms with Crippen LogP contribution in [0.4, 0.5) is 20.2 Å². The normalized spacial score (nSPS) is 16.5. The number of likely N-dealkylation sites (tertiary alicyclic amines) is 1. The lowest BCUT2D eigenvalue weighted by molar-refractivity contribution is -0.121. The van der Waals surface area contributed by atoms with Gasteiger partial charge in [-0.15, -0.1) is 0 Å². The van der Waals surface area contributed by atoms with E-state index in [-0.39, 0.29) is 17.4 Å². The van der Waals surface area contributed by atoms with Gasteiger partial charge in [0.2, 0.25) is 5.91 Å². The Labute approximate surface area is 174 Å². The summed E-state index contributed by atoms with van der Waals surface area (Å²) in [5.74, 6) is -2.31. The quantitative estimate of drug-likeness (QED) is 0.829. The highest BCUT2D eigenvalue weighted by Gasteiger charge is 2.29. The van der Waals surface area contributed by atoms with Gasteiger partial charge in [0.25, 0.3) is 5.91 Å². The average Bonchev–Trinajstić information content (AvgIpc) is 3.16. The Balaban J connectivity index is 1.35. The summed E-state index contributed by atoms with van der Waals surface area (Å²) in [6, 6.07) is 8.99. The largest absolute Gasteiger partial charge is 0.371 e. The summed E-state index contributed by atoms with van der Waals surface area (Å²) in [7, 11) is 0. The molecule has 158 valence electrons. The molecule has 5 nitrogen and oxygen atoms in total. The number of nitrogens with zero attached hydrogens (tertiary/aromatic N) is 2. The molecule has 2 aromatic carbocycles. The molecule has 7 heteroatoms. The number of anilines is 2. The van der Waals surface area contributed by atoms with Gasteiger partial charge in [-0.25, -0.2) is 8.78 Å². The number of likely N-dealkylation sites (N-methyl/N-ethyl adjacent to an activating group) is 1. The Morgan fingerprint density at radius 3 is 2.53 bits per heavy atom. The highest BCUT2D eigenvalue weighted by Crippen LogP contribution is 2.31. The van der Waals surface area contributed by atoms with Crippen molar-refractivity contribution >= 4 is 23.2 Å². The van der Waals surface area contributed by atoms with Crippen LogP contribution in [0.25, 0.3) is 0 Å². The van der Waals surface area contributed by atoms with Crippen LogP contribution in [0, 0.1) is 17.6 Å². The van der Waals surface area contributed by atoms with Crippen molar-refractivity contribution in [2.75, 3.05) is 36.4 Å². The summed E-state index contributed by atoms with van der Waals surface area (Å²) in [5, 5.41) is 3.01. The topological polar surface area (TPSA) is 52.7 Å². The molecule has 2 amide bonds. The summed E-state index contributed by atoms with van der Waals surface area (Å²) in [6.45, 7) is 4.78. The fourth-order valence-electron chi connectivity index (χ4n) is 4.27. The van der Waals surface area contributed by atoms with Gasteiger partial charge in [0.15, 0.2) is 0 Å². The molecule has 4 rings (SSSR count). The van der Waals surface area contributed by atoms with E-state index in [0.29, 0.717) is 32.0 Å². The van der Waals surface area contributed by atoms with Crippen LogP contribution in [0.3, 0.4) is 0 Å². The van der Waals surface area contributed by atoms with E-state index < -0.39 is 17.5 Å². The number of hydrogen-bond donors (Lipinski definition) is 1. The number of rotatable bonds is 4. The summed E-state index contributed by atoms with van der Waals surface area (Å²) in [6.07, 6.45) is 2.04. The van der Waals surface area contributed by atoms with Gasteiger partial charge in [-0.3, -0.25) is 9.59 Å². The first-order valence-electron chi connectivity index (χ1n) is 10.4. The number of nitrogens with one attached hydrogen (secondary N) is 1. The van der Waals surface area contributed by atoms with Crippen LogP contribution < -0.4 is 10.2 Å². The molecule has 2 aliphatic rings. The first kappa shape index (κ1) is 20.3. The van der Waals surface area contributed by atoms with Crippen LogP contribution in [-0.2, 0) is 11.2 Å². The third kappa shape index (κ3) is 4.01. The SMILES string of the molecule is CCN1CCc2ccc(NC(=O)C3CCN(C(=O)c4ccc(F)cc4F)CC3)cc21. The van der Waals surface area contributed by atoms with Crippen molar-refractivity contribution in [3.05, 3.63) is 59.2 Å². The van der Waals surface area contributed by atoms with Gasteiger partial charge in [-0.1, -0.05) is 6.07 Å². The lowest BCUT2D eigenvalue weighted by atomic mass is 9.95. The molecule has 1 N–H and O–H groups in total. The second-order valence-electron chi connectivity index (χ2n) is 7.85. The molecule has 0 unspecified atom stereocenters. The Morgan fingerprint density at radius 2 is 1.83 bits per heavy atom. The number of fused-ring (bicyclic) bond motifs is 1. The number of halogens is 2. The number of benzene rings is 2. The number of piperidine rings is 1. The van der Waals surface area contributed by atoms with E-state index in [1.165, 1.54) is 22.2 Å². The molecule has 0 atom stereocenters. The standard InChI is InChI=1S/C23H25F2N3O2/c1-2-27-10-7-15-3-5-18(14-21(15)27)26-22(29)16-8-11-28(12-9-16)23(30)19-6-4-17(24)13-20(19)25/h3-6,13-14,16H,2,7-12H2,1H3,(H,26,29). The molecule has 30 heavy (non-hydrogen) atoms. The zero-order chi connectivity index (χ0) is 21.3. The maximum absolute atomic E-state index is 13.9. The fourth-order valence-corrected chi connectivity index (χ4v) is 4.27. The number of amides is 2. The lowest BCUT2D eigenvalue weighted by Crippen LogP contribution is -2.41. The molecular weight excluding hydrogens is 388 g/mol. The van der Waals surface area contributed by atoms with E-state index in [1.54, 1.807) is 0 Å². The molecular formula is C23H25F2N3O2. The fraction of sp³-hybridized carbons (Fsp3) is 0.391. The molecule has 2 aliphatic heterocycles. The van der Waals surface area contributed by atoms with Crippen LogP contribution >= 0.6 is 0 Å². The van der Waals surface area contributed by atoms with Crippen molar-refractivity contribution in [1.29, 1.82) is 0 Å². The van der Waals surface area contributed by atoms with Crippen LogP contribution in [0.2, 0.25) is 0 Å².